The highest BCUT2D eigenvalue weighted by Gasteiger charge is 2.39. The first kappa shape index (κ1) is 18.9. The van der Waals surface area contributed by atoms with Gasteiger partial charge in [-0.15, -0.1) is 0 Å². The molecule has 0 amide bonds. The van der Waals surface area contributed by atoms with Crippen LogP contribution in [0.25, 0.3) is 22.2 Å². The highest BCUT2D eigenvalue weighted by Crippen LogP contribution is 2.38. The van der Waals surface area contributed by atoms with Crippen molar-refractivity contribution in [1.82, 2.24) is 9.97 Å². The summed E-state index contributed by atoms with van der Waals surface area (Å²) in [4.78, 5) is 17.8. The summed E-state index contributed by atoms with van der Waals surface area (Å²) in [5.41, 5.74) is -4.98. The van der Waals surface area contributed by atoms with Crippen LogP contribution >= 0.6 is 0 Å². The highest BCUT2D eigenvalue weighted by atomic mass is 19.4. The molecule has 0 aliphatic carbocycles. The van der Waals surface area contributed by atoms with Crippen LogP contribution in [0.2, 0.25) is 0 Å². The van der Waals surface area contributed by atoms with Gasteiger partial charge in [-0.2, -0.15) is 30.7 Å². The lowest BCUT2D eigenvalue weighted by atomic mass is 10.0. The number of alkyl halides is 6. The zero-order valence-corrected chi connectivity index (χ0v) is 13.4. The van der Waals surface area contributed by atoms with E-state index in [1.807, 2.05) is 0 Å². The molecule has 0 aliphatic heterocycles. The van der Waals surface area contributed by atoms with Gasteiger partial charge in [-0.25, -0.2) is 4.98 Å². The second kappa shape index (κ2) is 6.07. The molecule has 0 bridgehead atoms. The summed E-state index contributed by atoms with van der Waals surface area (Å²) in [6, 6.07) is 4.16. The Labute approximate surface area is 146 Å². The van der Waals surface area contributed by atoms with Crippen molar-refractivity contribution >= 4 is 10.9 Å². The average molecular weight is 390 g/mol. The minimum absolute atomic E-state index is 0.0574. The van der Waals surface area contributed by atoms with Gasteiger partial charge in [-0.3, -0.25) is 4.79 Å². The van der Waals surface area contributed by atoms with Gasteiger partial charge in [0, 0.05) is 17.3 Å². The number of aromatic amines is 1. The normalized spacial score (nSPS) is 12.6. The summed E-state index contributed by atoms with van der Waals surface area (Å²) in [6.07, 6.45) is -9.77. The number of hydrogen-bond acceptors (Lipinski definition) is 2. The number of fused-ring (bicyclic) bond motifs is 1. The first-order valence-electron chi connectivity index (χ1n) is 7.37. The van der Waals surface area contributed by atoms with Gasteiger partial charge in [0.15, 0.2) is 5.43 Å². The number of halogens is 7. The minimum atomic E-state index is -5.13. The van der Waals surface area contributed by atoms with Crippen molar-refractivity contribution in [1.29, 1.82) is 0 Å². The Morgan fingerprint density at radius 2 is 1.56 bits per heavy atom. The topological polar surface area (TPSA) is 45.8 Å². The molecule has 0 atom stereocenters. The smallest absolute Gasteiger partial charge is 0.358 e. The summed E-state index contributed by atoms with van der Waals surface area (Å²) < 4.78 is 91.9. The number of rotatable bonds is 1. The molecule has 3 rings (SSSR count). The molecule has 2 heterocycles. The van der Waals surface area contributed by atoms with Crippen LogP contribution in [0.5, 0.6) is 0 Å². The number of H-pyrrole nitrogens is 1. The lowest BCUT2D eigenvalue weighted by Crippen LogP contribution is -2.16. The second-order valence-corrected chi connectivity index (χ2v) is 5.77. The standard InChI is InChI=1S/C17H9F7N2O/c1-7-6-10(27)11-13(8-2-4-9(5-3-8)16(19,20)21)26-15(18)12(14(11)25-7)17(22,23)24/h2-6H,1H3,(H,25,27). The molecule has 0 fully saturated rings. The molecule has 1 aromatic carbocycles. The molecule has 27 heavy (non-hydrogen) atoms. The van der Waals surface area contributed by atoms with Gasteiger partial charge in [-0.05, 0) is 19.1 Å². The van der Waals surface area contributed by atoms with Crippen LogP contribution in [0.3, 0.4) is 0 Å². The molecule has 2 aromatic heterocycles. The molecule has 1 N–H and O–H groups in total. The third-order valence-corrected chi connectivity index (χ3v) is 3.84. The summed E-state index contributed by atoms with van der Waals surface area (Å²) in [6.45, 7) is 1.32. The van der Waals surface area contributed by atoms with Crippen LogP contribution in [0.4, 0.5) is 30.7 Å². The monoisotopic (exact) mass is 390 g/mol. The lowest BCUT2D eigenvalue weighted by molar-refractivity contribution is -0.139. The fraction of sp³-hybridized carbons (Fsp3) is 0.176. The third kappa shape index (κ3) is 3.38. The van der Waals surface area contributed by atoms with E-state index in [4.69, 9.17) is 0 Å². The van der Waals surface area contributed by atoms with Gasteiger partial charge in [0.05, 0.1) is 22.2 Å². The number of benzene rings is 1. The van der Waals surface area contributed by atoms with Crippen LogP contribution in [-0.2, 0) is 12.4 Å². The van der Waals surface area contributed by atoms with E-state index in [-0.39, 0.29) is 11.3 Å². The van der Waals surface area contributed by atoms with E-state index in [2.05, 4.69) is 9.97 Å². The largest absolute Gasteiger partial charge is 0.422 e. The molecule has 0 aliphatic rings. The molecular weight excluding hydrogens is 381 g/mol. The van der Waals surface area contributed by atoms with E-state index in [1.54, 1.807) is 0 Å². The van der Waals surface area contributed by atoms with Crippen molar-refractivity contribution in [3.05, 3.63) is 63.3 Å². The second-order valence-electron chi connectivity index (χ2n) is 5.77. The molecule has 0 saturated carbocycles. The Morgan fingerprint density at radius 3 is 2.07 bits per heavy atom. The first-order valence-corrected chi connectivity index (χ1v) is 7.37. The molecular formula is C17H9F7N2O. The molecule has 10 heteroatoms. The summed E-state index contributed by atoms with van der Waals surface area (Å²) in [7, 11) is 0. The van der Waals surface area contributed by atoms with Gasteiger partial charge in [0.25, 0.3) is 0 Å². The van der Waals surface area contributed by atoms with Crippen LogP contribution in [0, 0.1) is 12.9 Å². The molecule has 3 aromatic rings. The van der Waals surface area contributed by atoms with E-state index in [9.17, 15) is 35.5 Å². The van der Waals surface area contributed by atoms with Gasteiger partial charge in [0.1, 0.15) is 5.56 Å². The van der Waals surface area contributed by atoms with Crippen LogP contribution in [-0.4, -0.2) is 9.97 Å². The molecule has 0 spiro atoms. The molecule has 142 valence electrons. The van der Waals surface area contributed by atoms with Crippen molar-refractivity contribution in [2.24, 2.45) is 0 Å². The average Bonchev–Trinajstić information content (AvgIpc) is 2.51. The van der Waals surface area contributed by atoms with E-state index >= 15 is 0 Å². The van der Waals surface area contributed by atoms with E-state index < -0.39 is 51.5 Å². The Kier molecular flexibility index (Phi) is 4.24. The van der Waals surface area contributed by atoms with Crippen molar-refractivity contribution in [3.63, 3.8) is 0 Å². The Hall–Kier alpha value is -2.91. The van der Waals surface area contributed by atoms with Crippen molar-refractivity contribution in [2.45, 2.75) is 19.3 Å². The number of aryl methyl sites for hydroxylation is 1. The maximum atomic E-state index is 14.2. The fourth-order valence-corrected chi connectivity index (χ4v) is 2.71. The first-order chi connectivity index (χ1) is 12.4. The predicted molar refractivity (Wildman–Crippen MR) is 82.5 cm³/mol. The van der Waals surface area contributed by atoms with Crippen molar-refractivity contribution < 1.29 is 30.7 Å². The summed E-state index contributed by atoms with van der Waals surface area (Å²) in [5, 5.41) is -0.561. The maximum absolute atomic E-state index is 14.2. The van der Waals surface area contributed by atoms with Gasteiger partial charge >= 0.3 is 12.4 Å². The quantitative estimate of drug-likeness (QED) is 0.466. The molecule has 0 saturated heterocycles. The Balaban J connectivity index is 2.37. The van der Waals surface area contributed by atoms with E-state index in [0.29, 0.717) is 12.1 Å². The maximum Gasteiger partial charge on any atom is 0.422 e. The van der Waals surface area contributed by atoms with Crippen LogP contribution in [0.15, 0.2) is 35.1 Å². The third-order valence-electron chi connectivity index (χ3n) is 3.84. The zero-order valence-electron chi connectivity index (χ0n) is 13.4. The van der Waals surface area contributed by atoms with Gasteiger partial charge < -0.3 is 4.98 Å². The summed E-state index contributed by atoms with van der Waals surface area (Å²) in [5.74, 6) is -1.88. The SMILES string of the molecule is Cc1cc(=O)c2c(-c3ccc(C(F)(F)F)cc3)nc(F)c(C(F)(F)F)c2[nH]1. The predicted octanol–water partition coefficient (Wildman–Crippen LogP) is 5.08. The molecule has 3 nitrogen and oxygen atoms in total. The number of aromatic nitrogens is 2. The van der Waals surface area contributed by atoms with Gasteiger partial charge in [0.2, 0.25) is 5.95 Å². The van der Waals surface area contributed by atoms with Crippen LogP contribution < -0.4 is 5.43 Å². The Morgan fingerprint density at radius 1 is 0.963 bits per heavy atom. The number of nitrogens with one attached hydrogen (secondary N) is 1. The fourth-order valence-electron chi connectivity index (χ4n) is 2.71. The van der Waals surface area contributed by atoms with Crippen molar-refractivity contribution in [3.8, 4) is 11.3 Å². The molecule has 0 radical (unpaired) electrons. The zero-order chi connectivity index (χ0) is 20.1. The number of nitrogens with zero attached hydrogens (tertiary/aromatic N) is 1. The summed E-state index contributed by atoms with van der Waals surface area (Å²) >= 11 is 0. The highest BCUT2D eigenvalue weighted by molar-refractivity contribution is 5.94. The number of hydrogen-bond donors (Lipinski definition) is 1. The minimum Gasteiger partial charge on any atom is -0.358 e. The van der Waals surface area contributed by atoms with Crippen LogP contribution in [0.1, 0.15) is 16.8 Å². The molecule has 0 unspecified atom stereocenters. The van der Waals surface area contributed by atoms with E-state index in [0.717, 1.165) is 18.2 Å². The van der Waals surface area contributed by atoms with Gasteiger partial charge in [-0.1, -0.05) is 12.1 Å². The lowest BCUT2D eigenvalue weighted by Gasteiger charge is -2.15. The van der Waals surface area contributed by atoms with E-state index in [1.165, 1.54) is 6.92 Å². The van der Waals surface area contributed by atoms with Crippen molar-refractivity contribution in [2.75, 3.05) is 0 Å². The number of pyridine rings is 2. The Bertz CT molecular complexity index is 1080.